The van der Waals surface area contributed by atoms with Gasteiger partial charge in [0.1, 0.15) is 0 Å². The highest BCUT2D eigenvalue weighted by Gasteiger charge is 2.24. The van der Waals surface area contributed by atoms with E-state index in [1.54, 1.807) is 0 Å². The number of hydrogen-bond donors (Lipinski definition) is 1. The molecule has 0 saturated carbocycles. The van der Waals surface area contributed by atoms with Gasteiger partial charge in [0.2, 0.25) is 0 Å². The average molecular weight is 418 g/mol. The fourth-order valence-corrected chi connectivity index (χ4v) is 4.04. The van der Waals surface area contributed by atoms with Crippen molar-refractivity contribution < 1.29 is 4.79 Å². The molecule has 1 saturated heterocycles. The molecule has 1 aliphatic rings. The fourth-order valence-electron chi connectivity index (χ4n) is 2.62. The number of benzene rings is 1. The monoisotopic (exact) mass is 416 g/mol. The number of hydrogen-bond acceptors (Lipinski definition) is 1. The first-order valence-electron chi connectivity index (χ1n) is 7.46. The summed E-state index contributed by atoms with van der Waals surface area (Å²) in [5.41, 5.74) is 2.04. The predicted molar refractivity (Wildman–Crippen MR) is 95.0 cm³/mol. The SMILES string of the molecule is CC(C)c1cc(Br)c(NC(=O)N2CCCCC2C)c(Br)c1. The van der Waals surface area contributed by atoms with Gasteiger partial charge >= 0.3 is 6.03 Å². The third-order valence-electron chi connectivity index (χ3n) is 4.03. The standard InChI is InChI=1S/C16H22Br2N2O/c1-10(2)12-8-13(17)15(14(18)9-12)19-16(21)20-7-5-4-6-11(20)3/h8-11H,4-7H2,1-3H3,(H,19,21). The fraction of sp³-hybridized carbons (Fsp3) is 0.562. The number of nitrogens with one attached hydrogen (secondary N) is 1. The zero-order valence-corrected chi connectivity index (χ0v) is 15.9. The quantitative estimate of drug-likeness (QED) is 0.653. The molecule has 2 amide bonds. The third-order valence-corrected chi connectivity index (χ3v) is 5.28. The van der Waals surface area contributed by atoms with E-state index in [2.05, 4.69) is 70.1 Å². The van der Waals surface area contributed by atoms with Crippen molar-refractivity contribution in [1.29, 1.82) is 0 Å². The smallest absolute Gasteiger partial charge is 0.322 e. The minimum atomic E-state index is -0.0131. The maximum atomic E-state index is 12.5. The lowest BCUT2D eigenvalue weighted by atomic mass is 10.0. The molecule has 116 valence electrons. The summed E-state index contributed by atoms with van der Waals surface area (Å²) in [4.78, 5) is 14.4. The molecule has 21 heavy (non-hydrogen) atoms. The molecule has 0 aromatic heterocycles. The molecule has 1 N–H and O–H groups in total. The Bertz CT molecular complexity index is 508. The van der Waals surface area contributed by atoms with Crippen molar-refractivity contribution in [3.05, 3.63) is 26.6 Å². The molecule has 0 bridgehead atoms. The summed E-state index contributed by atoms with van der Waals surface area (Å²) >= 11 is 7.14. The lowest BCUT2D eigenvalue weighted by molar-refractivity contribution is 0.170. The Kier molecular flexibility index (Phi) is 5.72. The van der Waals surface area contributed by atoms with Gasteiger partial charge in [-0.3, -0.25) is 0 Å². The zero-order valence-electron chi connectivity index (χ0n) is 12.7. The van der Waals surface area contributed by atoms with Gasteiger partial charge in [0.05, 0.1) is 5.69 Å². The molecule has 3 nitrogen and oxygen atoms in total. The summed E-state index contributed by atoms with van der Waals surface area (Å²) in [7, 11) is 0. The van der Waals surface area contributed by atoms with Gasteiger partial charge in [-0.2, -0.15) is 0 Å². The lowest BCUT2D eigenvalue weighted by Gasteiger charge is -2.33. The van der Waals surface area contributed by atoms with Crippen LogP contribution >= 0.6 is 31.9 Å². The van der Waals surface area contributed by atoms with Crippen LogP contribution in [0.15, 0.2) is 21.1 Å². The molecule has 1 unspecified atom stereocenters. The van der Waals surface area contributed by atoms with E-state index in [-0.39, 0.29) is 6.03 Å². The number of carbonyl (C=O) groups is 1. The topological polar surface area (TPSA) is 32.3 Å². The Morgan fingerprint density at radius 1 is 1.29 bits per heavy atom. The number of amides is 2. The lowest BCUT2D eigenvalue weighted by Crippen LogP contribution is -2.44. The van der Waals surface area contributed by atoms with Crippen molar-refractivity contribution in [3.8, 4) is 0 Å². The summed E-state index contributed by atoms with van der Waals surface area (Å²) in [5, 5.41) is 3.04. The van der Waals surface area contributed by atoms with Crippen LogP contribution in [0.2, 0.25) is 0 Å². The number of nitrogens with zero attached hydrogens (tertiary/aromatic N) is 1. The normalized spacial score (nSPS) is 19.0. The van der Waals surface area contributed by atoms with Crippen molar-refractivity contribution in [2.45, 2.75) is 52.0 Å². The number of anilines is 1. The molecule has 1 aromatic rings. The van der Waals surface area contributed by atoms with Crippen molar-refractivity contribution in [1.82, 2.24) is 4.90 Å². The minimum absolute atomic E-state index is 0.0131. The van der Waals surface area contributed by atoms with Crippen LogP contribution in [-0.4, -0.2) is 23.5 Å². The van der Waals surface area contributed by atoms with Gasteiger partial charge < -0.3 is 10.2 Å². The molecule has 1 aromatic carbocycles. The Hall–Kier alpha value is -0.550. The van der Waals surface area contributed by atoms with Crippen LogP contribution in [0.4, 0.5) is 10.5 Å². The van der Waals surface area contributed by atoms with E-state index >= 15 is 0 Å². The van der Waals surface area contributed by atoms with Crippen LogP contribution in [0.1, 0.15) is 51.5 Å². The molecular formula is C16H22Br2N2O. The van der Waals surface area contributed by atoms with Crippen LogP contribution in [0.5, 0.6) is 0 Å². The van der Waals surface area contributed by atoms with E-state index in [4.69, 9.17) is 0 Å². The molecule has 1 heterocycles. The van der Waals surface area contributed by atoms with E-state index < -0.39 is 0 Å². The van der Waals surface area contributed by atoms with Crippen LogP contribution in [0.25, 0.3) is 0 Å². The molecular weight excluding hydrogens is 396 g/mol. The van der Waals surface area contributed by atoms with Gasteiger partial charge in [0.15, 0.2) is 0 Å². The molecule has 1 fully saturated rings. The molecule has 0 radical (unpaired) electrons. The Labute approximate surface area is 143 Å². The van der Waals surface area contributed by atoms with Crippen LogP contribution in [0.3, 0.4) is 0 Å². The highest BCUT2D eigenvalue weighted by molar-refractivity contribution is 9.11. The summed E-state index contributed by atoms with van der Waals surface area (Å²) < 4.78 is 1.83. The van der Waals surface area contributed by atoms with Crippen molar-refractivity contribution >= 4 is 43.6 Å². The Morgan fingerprint density at radius 2 is 1.90 bits per heavy atom. The highest BCUT2D eigenvalue weighted by Crippen LogP contribution is 2.35. The van der Waals surface area contributed by atoms with Crippen LogP contribution in [-0.2, 0) is 0 Å². The first kappa shape index (κ1) is 16.8. The molecule has 1 aliphatic heterocycles. The number of carbonyl (C=O) groups excluding carboxylic acids is 1. The summed E-state index contributed by atoms with van der Waals surface area (Å²) in [6.07, 6.45) is 3.38. The Morgan fingerprint density at radius 3 is 2.43 bits per heavy atom. The zero-order chi connectivity index (χ0) is 15.6. The van der Waals surface area contributed by atoms with Gasteiger partial charge in [-0.15, -0.1) is 0 Å². The average Bonchev–Trinajstić information content (AvgIpc) is 2.42. The molecule has 0 aliphatic carbocycles. The maximum absolute atomic E-state index is 12.5. The summed E-state index contributed by atoms with van der Waals surface area (Å²) in [6, 6.07) is 4.45. The number of likely N-dealkylation sites (tertiary alicyclic amines) is 1. The number of piperidine rings is 1. The second-order valence-corrected chi connectivity index (χ2v) is 7.69. The van der Waals surface area contributed by atoms with Gasteiger partial charge in [-0.05, 0) is 81.7 Å². The van der Waals surface area contributed by atoms with Crippen molar-refractivity contribution in [2.24, 2.45) is 0 Å². The van der Waals surface area contributed by atoms with Gasteiger partial charge in [-0.25, -0.2) is 4.79 Å². The molecule has 1 atom stereocenters. The Balaban J connectivity index is 2.17. The molecule has 0 spiro atoms. The number of urea groups is 1. The first-order chi connectivity index (χ1) is 9.90. The third kappa shape index (κ3) is 4.01. The van der Waals surface area contributed by atoms with E-state index in [1.807, 2.05) is 4.90 Å². The van der Waals surface area contributed by atoms with Crippen LogP contribution < -0.4 is 5.32 Å². The van der Waals surface area contributed by atoms with Crippen LogP contribution in [0, 0.1) is 0 Å². The largest absolute Gasteiger partial charge is 0.322 e. The van der Waals surface area contributed by atoms with Gasteiger partial charge in [-0.1, -0.05) is 13.8 Å². The second kappa shape index (κ2) is 7.14. The van der Waals surface area contributed by atoms with Crippen molar-refractivity contribution in [2.75, 3.05) is 11.9 Å². The van der Waals surface area contributed by atoms with Crippen molar-refractivity contribution in [3.63, 3.8) is 0 Å². The van der Waals surface area contributed by atoms with E-state index in [1.165, 1.54) is 12.0 Å². The van der Waals surface area contributed by atoms with E-state index in [9.17, 15) is 4.79 Å². The maximum Gasteiger partial charge on any atom is 0.322 e. The molecule has 5 heteroatoms. The number of halogens is 2. The first-order valence-corrected chi connectivity index (χ1v) is 9.05. The summed E-state index contributed by atoms with van der Waals surface area (Å²) in [6.45, 7) is 7.26. The van der Waals surface area contributed by atoms with E-state index in [0.717, 1.165) is 34.0 Å². The highest BCUT2D eigenvalue weighted by atomic mass is 79.9. The van der Waals surface area contributed by atoms with Gasteiger partial charge in [0, 0.05) is 21.5 Å². The second-order valence-electron chi connectivity index (χ2n) is 5.98. The molecule has 2 rings (SSSR count). The van der Waals surface area contributed by atoms with E-state index in [0.29, 0.717) is 12.0 Å². The van der Waals surface area contributed by atoms with Gasteiger partial charge in [0.25, 0.3) is 0 Å². The predicted octanol–water partition coefficient (Wildman–Crippen LogP) is 5.74. The minimum Gasteiger partial charge on any atom is -0.322 e. The summed E-state index contributed by atoms with van der Waals surface area (Å²) in [5.74, 6) is 0.449. The number of rotatable bonds is 2.